The van der Waals surface area contributed by atoms with Crippen molar-refractivity contribution in [2.45, 2.75) is 38.8 Å². The molecule has 6 heteroatoms. The number of benzene rings is 1. The highest BCUT2D eigenvalue weighted by Crippen LogP contribution is 2.52. The van der Waals surface area contributed by atoms with Crippen LogP contribution in [0, 0.1) is 11.2 Å². The fourth-order valence-corrected chi connectivity index (χ4v) is 3.22. The molecule has 1 N–H and O–H groups in total. The van der Waals surface area contributed by atoms with Crippen LogP contribution in [-0.4, -0.2) is 35.8 Å². The molecule has 0 radical (unpaired) electrons. The number of aromatic nitrogens is 2. The SMILES string of the molecule is COc1cc2c(NC3CC(C)(OC)C3(C)C)ncnc2cc1F. The van der Waals surface area contributed by atoms with Crippen molar-refractivity contribution in [3.8, 4) is 5.75 Å². The molecule has 1 saturated carbocycles. The normalized spacial score (nSPS) is 25.9. The van der Waals surface area contributed by atoms with Crippen molar-refractivity contribution >= 4 is 16.7 Å². The zero-order valence-electron chi connectivity index (χ0n) is 14.1. The van der Waals surface area contributed by atoms with Crippen molar-refractivity contribution in [2.75, 3.05) is 19.5 Å². The van der Waals surface area contributed by atoms with E-state index < -0.39 is 5.82 Å². The van der Waals surface area contributed by atoms with Crippen molar-refractivity contribution < 1.29 is 13.9 Å². The van der Waals surface area contributed by atoms with Crippen LogP contribution in [0.25, 0.3) is 10.9 Å². The summed E-state index contributed by atoms with van der Waals surface area (Å²) in [7, 11) is 3.19. The Morgan fingerprint density at radius 3 is 2.57 bits per heavy atom. The molecule has 5 nitrogen and oxygen atoms in total. The monoisotopic (exact) mass is 319 g/mol. The molecule has 124 valence electrons. The molecule has 1 aliphatic carbocycles. The quantitative estimate of drug-likeness (QED) is 0.936. The zero-order valence-corrected chi connectivity index (χ0v) is 14.1. The van der Waals surface area contributed by atoms with Gasteiger partial charge in [-0.25, -0.2) is 14.4 Å². The maximum Gasteiger partial charge on any atom is 0.167 e. The molecule has 1 aliphatic rings. The van der Waals surface area contributed by atoms with Crippen molar-refractivity contribution in [3.63, 3.8) is 0 Å². The van der Waals surface area contributed by atoms with Crippen LogP contribution in [0.4, 0.5) is 10.2 Å². The molecule has 0 spiro atoms. The van der Waals surface area contributed by atoms with E-state index in [0.29, 0.717) is 11.3 Å². The van der Waals surface area contributed by atoms with E-state index in [2.05, 4.69) is 36.1 Å². The number of nitrogens with zero attached hydrogens (tertiary/aromatic N) is 2. The van der Waals surface area contributed by atoms with Gasteiger partial charge in [-0.05, 0) is 19.4 Å². The first-order valence-electron chi connectivity index (χ1n) is 7.62. The van der Waals surface area contributed by atoms with Crippen LogP contribution < -0.4 is 10.1 Å². The molecule has 0 saturated heterocycles. The molecule has 2 unspecified atom stereocenters. The Balaban J connectivity index is 1.96. The Kier molecular flexibility index (Phi) is 3.67. The van der Waals surface area contributed by atoms with E-state index in [4.69, 9.17) is 9.47 Å². The topological polar surface area (TPSA) is 56.3 Å². The number of hydrogen-bond acceptors (Lipinski definition) is 5. The van der Waals surface area contributed by atoms with Crippen LogP contribution in [0.2, 0.25) is 0 Å². The fourth-order valence-electron chi connectivity index (χ4n) is 3.22. The molecule has 2 atom stereocenters. The average Bonchev–Trinajstić information content (AvgIpc) is 2.53. The van der Waals surface area contributed by atoms with Crippen LogP contribution >= 0.6 is 0 Å². The highest BCUT2D eigenvalue weighted by Gasteiger charge is 2.57. The third-order valence-electron chi connectivity index (χ3n) is 5.50. The lowest BCUT2D eigenvalue weighted by molar-refractivity contribution is -0.166. The number of halogens is 1. The molecular formula is C17H22FN3O2. The molecule has 3 rings (SSSR count). The molecule has 1 aromatic carbocycles. The molecule has 2 aromatic rings. The standard InChI is InChI=1S/C17H22FN3O2/c1-16(2)14(8-17(16,3)23-5)21-15-10-6-13(22-4)11(18)7-12(10)19-9-20-15/h6-7,9,14H,8H2,1-5H3,(H,19,20,21). The van der Waals surface area contributed by atoms with Gasteiger partial charge in [0.15, 0.2) is 11.6 Å². The van der Waals surface area contributed by atoms with Gasteiger partial charge < -0.3 is 14.8 Å². The van der Waals surface area contributed by atoms with E-state index in [-0.39, 0.29) is 22.8 Å². The molecular weight excluding hydrogens is 297 g/mol. The number of nitrogens with one attached hydrogen (secondary N) is 1. The summed E-state index contributed by atoms with van der Waals surface area (Å²) in [5, 5.41) is 4.21. The molecule has 1 aromatic heterocycles. The van der Waals surface area contributed by atoms with Gasteiger partial charge >= 0.3 is 0 Å². The first-order chi connectivity index (χ1) is 10.8. The zero-order chi connectivity index (χ0) is 16.8. The van der Waals surface area contributed by atoms with E-state index >= 15 is 0 Å². The summed E-state index contributed by atoms with van der Waals surface area (Å²) < 4.78 is 24.6. The van der Waals surface area contributed by atoms with Gasteiger partial charge in [-0.3, -0.25) is 0 Å². The summed E-state index contributed by atoms with van der Waals surface area (Å²) in [5.74, 6) is 0.440. The number of hydrogen-bond donors (Lipinski definition) is 1. The van der Waals surface area contributed by atoms with E-state index in [1.807, 2.05) is 0 Å². The van der Waals surface area contributed by atoms with E-state index in [0.717, 1.165) is 11.8 Å². The van der Waals surface area contributed by atoms with Gasteiger partial charge in [-0.2, -0.15) is 0 Å². The van der Waals surface area contributed by atoms with Crippen LogP contribution in [-0.2, 0) is 4.74 Å². The second-order valence-corrected chi connectivity index (χ2v) is 6.78. The summed E-state index contributed by atoms with van der Waals surface area (Å²) in [6, 6.07) is 3.21. The van der Waals surface area contributed by atoms with Gasteiger partial charge in [-0.1, -0.05) is 13.8 Å². The molecule has 0 amide bonds. The summed E-state index contributed by atoms with van der Waals surface area (Å²) in [6.07, 6.45) is 2.32. The highest BCUT2D eigenvalue weighted by atomic mass is 19.1. The van der Waals surface area contributed by atoms with Crippen LogP contribution in [0.3, 0.4) is 0 Å². The maximum absolute atomic E-state index is 13.8. The van der Waals surface area contributed by atoms with E-state index in [1.54, 1.807) is 13.2 Å². The smallest absolute Gasteiger partial charge is 0.167 e. The molecule has 1 heterocycles. The lowest BCUT2D eigenvalue weighted by atomic mass is 9.56. The Bertz CT molecular complexity index is 750. The van der Waals surface area contributed by atoms with Crippen molar-refractivity contribution in [1.29, 1.82) is 0 Å². The average molecular weight is 319 g/mol. The first-order valence-corrected chi connectivity index (χ1v) is 7.62. The van der Waals surface area contributed by atoms with Gasteiger partial charge in [0.05, 0.1) is 18.2 Å². The molecule has 1 fully saturated rings. The minimum Gasteiger partial charge on any atom is -0.494 e. The summed E-state index contributed by atoms with van der Waals surface area (Å²) in [6.45, 7) is 6.45. The second-order valence-electron chi connectivity index (χ2n) is 6.78. The predicted octanol–water partition coefficient (Wildman–Crippen LogP) is 3.39. The lowest BCUT2D eigenvalue weighted by Gasteiger charge is -2.59. The van der Waals surface area contributed by atoms with Crippen molar-refractivity contribution in [1.82, 2.24) is 9.97 Å². The van der Waals surface area contributed by atoms with Crippen LogP contribution in [0.5, 0.6) is 5.75 Å². The summed E-state index contributed by atoms with van der Waals surface area (Å²) in [4.78, 5) is 8.47. The fraction of sp³-hybridized carbons (Fsp3) is 0.529. The maximum atomic E-state index is 13.8. The van der Waals surface area contributed by atoms with E-state index in [9.17, 15) is 4.39 Å². The first kappa shape index (κ1) is 15.9. The number of ether oxygens (including phenoxy) is 2. The molecule has 0 bridgehead atoms. The minimum atomic E-state index is -0.430. The lowest BCUT2D eigenvalue weighted by Crippen LogP contribution is -2.65. The minimum absolute atomic E-state index is 0.0524. The Morgan fingerprint density at radius 1 is 1.22 bits per heavy atom. The Morgan fingerprint density at radius 2 is 1.96 bits per heavy atom. The summed E-state index contributed by atoms with van der Waals surface area (Å²) in [5.41, 5.74) is 0.327. The predicted molar refractivity (Wildman–Crippen MR) is 87.3 cm³/mol. The van der Waals surface area contributed by atoms with Gasteiger partial charge in [0, 0.05) is 30.0 Å². The number of methoxy groups -OCH3 is 2. The number of anilines is 1. The van der Waals surface area contributed by atoms with E-state index in [1.165, 1.54) is 19.5 Å². The van der Waals surface area contributed by atoms with Gasteiger partial charge in [0.2, 0.25) is 0 Å². The van der Waals surface area contributed by atoms with Crippen LogP contribution in [0.15, 0.2) is 18.5 Å². The highest BCUT2D eigenvalue weighted by molar-refractivity contribution is 5.90. The van der Waals surface area contributed by atoms with Gasteiger partial charge in [0.25, 0.3) is 0 Å². The van der Waals surface area contributed by atoms with Crippen molar-refractivity contribution in [2.24, 2.45) is 5.41 Å². The summed E-state index contributed by atoms with van der Waals surface area (Å²) >= 11 is 0. The third kappa shape index (κ3) is 2.32. The Labute approximate surface area is 135 Å². The third-order valence-corrected chi connectivity index (χ3v) is 5.50. The van der Waals surface area contributed by atoms with Gasteiger partial charge in [0.1, 0.15) is 12.1 Å². The Hall–Kier alpha value is -1.95. The van der Waals surface area contributed by atoms with Crippen LogP contribution in [0.1, 0.15) is 27.2 Å². The van der Waals surface area contributed by atoms with Crippen molar-refractivity contribution in [3.05, 3.63) is 24.3 Å². The second kappa shape index (κ2) is 5.30. The molecule has 23 heavy (non-hydrogen) atoms. The van der Waals surface area contributed by atoms with Gasteiger partial charge in [-0.15, -0.1) is 0 Å². The number of rotatable bonds is 4. The largest absolute Gasteiger partial charge is 0.494 e. The molecule has 0 aliphatic heterocycles. The number of fused-ring (bicyclic) bond motifs is 1.